The number of allylic oxidation sites excluding steroid dienone is 4. The molecule has 0 rings (SSSR count). The third kappa shape index (κ3) is 11.4. The fourth-order valence-electron chi connectivity index (χ4n) is 1.04. The molecule has 0 fully saturated rings. The minimum atomic E-state index is -0.124. The number of unbranched alkanes of at least 4 members (excludes halogenated alkanes) is 1. The van der Waals surface area contributed by atoms with Gasteiger partial charge >= 0.3 is 5.97 Å². The minimum Gasteiger partial charge on any atom is -0.469 e. The zero-order chi connectivity index (χ0) is 11.4. The number of carbonyl (C=O) groups is 1. The molecule has 0 bridgehead atoms. The summed E-state index contributed by atoms with van der Waals surface area (Å²) in [5.74, 6) is -0.124. The quantitative estimate of drug-likeness (QED) is 0.293. The maximum absolute atomic E-state index is 10.8. The largest absolute Gasteiger partial charge is 0.469 e. The van der Waals surface area contributed by atoms with Gasteiger partial charge in [-0.3, -0.25) is 4.79 Å². The Morgan fingerprint density at radius 3 is 2.47 bits per heavy atom. The summed E-state index contributed by atoms with van der Waals surface area (Å²) in [5, 5.41) is 1.02. The number of methoxy groups -OCH3 is 1. The van der Waals surface area contributed by atoms with E-state index in [-0.39, 0.29) is 5.97 Å². The molecule has 0 aromatic carbocycles. The van der Waals surface area contributed by atoms with Gasteiger partial charge in [-0.2, -0.15) is 0 Å². The lowest BCUT2D eigenvalue weighted by Crippen LogP contribution is -1.98. The van der Waals surface area contributed by atoms with E-state index in [1.54, 1.807) is 0 Å². The highest BCUT2D eigenvalue weighted by Gasteiger charge is 1.96. The molecule has 0 aliphatic carbocycles. The normalized spacial score (nSPS) is 11.3. The van der Waals surface area contributed by atoms with Crippen molar-refractivity contribution in [3.05, 3.63) is 24.3 Å². The van der Waals surface area contributed by atoms with Crippen molar-refractivity contribution in [2.24, 2.45) is 0 Å². The van der Waals surface area contributed by atoms with Gasteiger partial charge in [0.1, 0.15) is 0 Å². The lowest BCUT2D eigenvalue weighted by atomic mass is 10.2. The van der Waals surface area contributed by atoms with Crippen LogP contribution in [0.3, 0.4) is 0 Å². The Bertz CT molecular complexity index is 210. The molecule has 15 heavy (non-hydrogen) atoms. The molecular formula is C12H19BrO2. The summed E-state index contributed by atoms with van der Waals surface area (Å²) in [6, 6.07) is 0. The van der Waals surface area contributed by atoms with E-state index >= 15 is 0 Å². The van der Waals surface area contributed by atoms with Gasteiger partial charge in [-0.25, -0.2) is 0 Å². The van der Waals surface area contributed by atoms with E-state index < -0.39 is 0 Å². The fourth-order valence-corrected chi connectivity index (χ4v) is 1.30. The third-order valence-corrected chi connectivity index (χ3v) is 2.32. The fraction of sp³-hybridized carbons (Fsp3) is 0.583. The Hall–Kier alpha value is -0.570. The lowest BCUT2D eigenvalue weighted by Gasteiger charge is -1.95. The molecule has 0 unspecified atom stereocenters. The molecule has 0 aromatic rings. The van der Waals surface area contributed by atoms with Crippen molar-refractivity contribution in [1.29, 1.82) is 0 Å². The van der Waals surface area contributed by atoms with Gasteiger partial charge in [0.2, 0.25) is 0 Å². The average molecular weight is 275 g/mol. The predicted octanol–water partition coefficient (Wildman–Crippen LogP) is 3.62. The van der Waals surface area contributed by atoms with Crippen LogP contribution in [-0.2, 0) is 9.53 Å². The van der Waals surface area contributed by atoms with Crippen LogP contribution >= 0.6 is 15.9 Å². The highest BCUT2D eigenvalue weighted by molar-refractivity contribution is 9.09. The molecule has 2 nitrogen and oxygen atoms in total. The number of halogens is 1. The predicted molar refractivity (Wildman–Crippen MR) is 67.2 cm³/mol. The summed E-state index contributed by atoms with van der Waals surface area (Å²) in [6.07, 6.45) is 12.9. The Morgan fingerprint density at radius 2 is 1.87 bits per heavy atom. The summed E-state index contributed by atoms with van der Waals surface area (Å²) in [6.45, 7) is 0. The zero-order valence-electron chi connectivity index (χ0n) is 9.25. The van der Waals surface area contributed by atoms with Crippen molar-refractivity contribution in [3.8, 4) is 0 Å². The van der Waals surface area contributed by atoms with E-state index in [1.165, 1.54) is 7.11 Å². The SMILES string of the molecule is COC(=O)CCCC=CCC=CCCBr. The number of alkyl halides is 1. The maximum Gasteiger partial charge on any atom is 0.305 e. The van der Waals surface area contributed by atoms with E-state index in [9.17, 15) is 4.79 Å². The molecular weight excluding hydrogens is 256 g/mol. The van der Waals surface area contributed by atoms with Crippen molar-refractivity contribution >= 4 is 21.9 Å². The van der Waals surface area contributed by atoms with Crippen LogP contribution in [0.1, 0.15) is 32.1 Å². The van der Waals surface area contributed by atoms with Gasteiger partial charge in [-0.1, -0.05) is 40.2 Å². The van der Waals surface area contributed by atoms with Crippen molar-refractivity contribution in [2.45, 2.75) is 32.1 Å². The molecule has 0 heterocycles. The second-order valence-electron chi connectivity index (χ2n) is 3.12. The second kappa shape index (κ2) is 11.5. The highest BCUT2D eigenvalue weighted by atomic mass is 79.9. The average Bonchev–Trinajstić information content (AvgIpc) is 2.26. The molecule has 0 radical (unpaired) electrons. The molecule has 0 aromatic heterocycles. The molecule has 86 valence electrons. The van der Waals surface area contributed by atoms with Gasteiger partial charge in [-0.15, -0.1) is 0 Å². The molecule has 0 atom stereocenters. The molecule has 0 aliphatic rings. The number of esters is 1. The lowest BCUT2D eigenvalue weighted by molar-refractivity contribution is -0.140. The van der Waals surface area contributed by atoms with Gasteiger partial charge in [-0.05, 0) is 25.7 Å². The van der Waals surface area contributed by atoms with Crippen LogP contribution in [0, 0.1) is 0 Å². The van der Waals surface area contributed by atoms with Gasteiger partial charge < -0.3 is 4.74 Å². The number of carbonyl (C=O) groups excluding carboxylic acids is 1. The summed E-state index contributed by atoms with van der Waals surface area (Å²) in [7, 11) is 1.42. The third-order valence-electron chi connectivity index (χ3n) is 1.86. The van der Waals surface area contributed by atoms with Crippen molar-refractivity contribution in [2.75, 3.05) is 12.4 Å². The topological polar surface area (TPSA) is 26.3 Å². The van der Waals surface area contributed by atoms with Crippen LogP contribution < -0.4 is 0 Å². The van der Waals surface area contributed by atoms with E-state index in [0.717, 1.165) is 31.0 Å². The highest BCUT2D eigenvalue weighted by Crippen LogP contribution is 1.99. The molecule has 0 amide bonds. The van der Waals surface area contributed by atoms with Gasteiger partial charge in [0.25, 0.3) is 0 Å². The number of hydrogen-bond acceptors (Lipinski definition) is 2. The van der Waals surface area contributed by atoms with Crippen molar-refractivity contribution in [1.82, 2.24) is 0 Å². The molecule has 0 N–H and O–H groups in total. The maximum atomic E-state index is 10.8. The van der Waals surface area contributed by atoms with E-state index in [2.05, 4.69) is 45.0 Å². The summed E-state index contributed by atoms with van der Waals surface area (Å²) in [5.41, 5.74) is 0. The Balaban J connectivity index is 3.28. The van der Waals surface area contributed by atoms with Crippen LogP contribution in [0.4, 0.5) is 0 Å². The van der Waals surface area contributed by atoms with Gasteiger partial charge in [0, 0.05) is 11.8 Å². The van der Waals surface area contributed by atoms with Crippen LogP contribution in [-0.4, -0.2) is 18.4 Å². The minimum absolute atomic E-state index is 0.124. The molecule has 0 aliphatic heterocycles. The summed E-state index contributed by atoms with van der Waals surface area (Å²) < 4.78 is 4.54. The van der Waals surface area contributed by atoms with Crippen LogP contribution in [0.2, 0.25) is 0 Å². The first kappa shape index (κ1) is 14.4. The van der Waals surface area contributed by atoms with E-state index in [0.29, 0.717) is 6.42 Å². The first-order valence-electron chi connectivity index (χ1n) is 5.24. The monoisotopic (exact) mass is 274 g/mol. The van der Waals surface area contributed by atoms with Crippen molar-refractivity contribution < 1.29 is 9.53 Å². The smallest absolute Gasteiger partial charge is 0.305 e. The van der Waals surface area contributed by atoms with Gasteiger partial charge in [0.05, 0.1) is 7.11 Å². The summed E-state index contributed by atoms with van der Waals surface area (Å²) in [4.78, 5) is 10.8. The molecule has 0 spiro atoms. The Labute approximate surface area is 101 Å². The van der Waals surface area contributed by atoms with Crippen molar-refractivity contribution in [3.63, 3.8) is 0 Å². The first-order valence-corrected chi connectivity index (χ1v) is 6.36. The number of rotatable bonds is 8. The number of ether oxygens (including phenoxy) is 1. The molecule has 0 saturated carbocycles. The van der Waals surface area contributed by atoms with Gasteiger partial charge in [0.15, 0.2) is 0 Å². The molecule has 3 heteroatoms. The van der Waals surface area contributed by atoms with Crippen LogP contribution in [0.5, 0.6) is 0 Å². The Morgan fingerprint density at radius 1 is 1.20 bits per heavy atom. The van der Waals surface area contributed by atoms with Crippen LogP contribution in [0.15, 0.2) is 24.3 Å². The van der Waals surface area contributed by atoms with E-state index in [4.69, 9.17) is 0 Å². The molecule has 0 saturated heterocycles. The Kier molecular flexibility index (Phi) is 11.1. The number of hydrogen-bond donors (Lipinski definition) is 0. The van der Waals surface area contributed by atoms with Crippen LogP contribution in [0.25, 0.3) is 0 Å². The zero-order valence-corrected chi connectivity index (χ0v) is 10.8. The first-order chi connectivity index (χ1) is 7.31. The standard InChI is InChI=1S/C12H19BrO2/c1-15-12(14)10-8-6-4-2-3-5-7-9-11-13/h2,4-5,7H,3,6,8-11H2,1H3. The second-order valence-corrected chi connectivity index (χ2v) is 3.92. The van der Waals surface area contributed by atoms with E-state index in [1.807, 2.05) is 0 Å². The summed E-state index contributed by atoms with van der Waals surface area (Å²) >= 11 is 3.36.